The molecule has 0 spiro atoms. The number of benzene rings is 2. The summed E-state index contributed by atoms with van der Waals surface area (Å²) in [4.78, 5) is 16.2. The van der Waals surface area contributed by atoms with Crippen LogP contribution < -0.4 is 14.8 Å². The summed E-state index contributed by atoms with van der Waals surface area (Å²) in [5.41, 5.74) is 1.96. The van der Waals surface area contributed by atoms with E-state index in [2.05, 4.69) is 15.4 Å². The van der Waals surface area contributed by atoms with Gasteiger partial charge < -0.3 is 14.8 Å². The number of amides is 1. The molecule has 7 heteroatoms. The third kappa shape index (κ3) is 5.81. The van der Waals surface area contributed by atoms with Gasteiger partial charge >= 0.3 is 0 Å². The van der Waals surface area contributed by atoms with Crippen LogP contribution in [0.4, 0.5) is 0 Å². The summed E-state index contributed by atoms with van der Waals surface area (Å²) in [7, 11) is 0. The number of rotatable bonds is 10. The summed E-state index contributed by atoms with van der Waals surface area (Å²) in [6.07, 6.45) is 4.17. The Morgan fingerprint density at radius 1 is 1.10 bits per heavy atom. The quantitative estimate of drug-likeness (QED) is 0.531. The SMILES string of the molecule is CCOc1ccccc1OCCCC(=O)NC(C)c1ccc(-n2cncn2)cc1. The second-order valence-corrected chi connectivity index (χ2v) is 6.55. The number of nitrogens with zero attached hydrogens (tertiary/aromatic N) is 3. The van der Waals surface area contributed by atoms with E-state index in [0.29, 0.717) is 31.8 Å². The van der Waals surface area contributed by atoms with E-state index in [0.717, 1.165) is 17.0 Å². The van der Waals surface area contributed by atoms with Crippen LogP contribution in [0.25, 0.3) is 5.69 Å². The van der Waals surface area contributed by atoms with Crippen LogP contribution in [0.3, 0.4) is 0 Å². The van der Waals surface area contributed by atoms with Gasteiger partial charge in [0.05, 0.1) is 24.9 Å². The van der Waals surface area contributed by atoms with Crippen molar-refractivity contribution >= 4 is 5.91 Å². The van der Waals surface area contributed by atoms with Crippen molar-refractivity contribution in [3.63, 3.8) is 0 Å². The average Bonchev–Trinajstić information content (AvgIpc) is 3.27. The van der Waals surface area contributed by atoms with Crippen LogP contribution in [0.2, 0.25) is 0 Å². The summed E-state index contributed by atoms with van der Waals surface area (Å²) in [6, 6.07) is 15.4. The van der Waals surface area contributed by atoms with Gasteiger partial charge in [-0.05, 0) is 50.1 Å². The molecule has 7 nitrogen and oxygen atoms in total. The lowest BCUT2D eigenvalue weighted by molar-refractivity contribution is -0.121. The molecule has 0 radical (unpaired) electrons. The van der Waals surface area contributed by atoms with Crippen LogP contribution in [0.15, 0.2) is 61.2 Å². The lowest BCUT2D eigenvalue weighted by Gasteiger charge is -2.15. The van der Waals surface area contributed by atoms with E-state index in [9.17, 15) is 4.79 Å². The molecule has 3 rings (SSSR count). The van der Waals surface area contributed by atoms with E-state index >= 15 is 0 Å². The van der Waals surface area contributed by atoms with Gasteiger partial charge in [0, 0.05) is 6.42 Å². The van der Waals surface area contributed by atoms with Crippen LogP contribution >= 0.6 is 0 Å². The second-order valence-electron chi connectivity index (χ2n) is 6.55. The predicted octanol–water partition coefficient (Wildman–Crippen LogP) is 3.70. The summed E-state index contributed by atoms with van der Waals surface area (Å²) >= 11 is 0. The predicted molar refractivity (Wildman–Crippen MR) is 110 cm³/mol. The molecule has 0 aliphatic carbocycles. The summed E-state index contributed by atoms with van der Waals surface area (Å²) in [6.45, 7) is 4.95. The van der Waals surface area contributed by atoms with E-state index in [-0.39, 0.29) is 11.9 Å². The van der Waals surface area contributed by atoms with Crippen LogP contribution in [0.1, 0.15) is 38.3 Å². The van der Waals surface area contributed by atoms with Crippen LogP contribution in [-0.4, -0.2) is 33.9 Å². The molecular weight excluding hydrogens is 368 g/mol. The van der Waals surface area contributed by atoms with Gasteiger partial charge in [-0.25, -0.2) is 9.67 Å². The lowest BCUT2D eigenvalue weighted by atomic mass is 10.1. The first-order chi connectivity index (χ1) is 14.2. The lowest BCUT2D eigenvalue weighted by Crippen LogP contribution is -2.26. The van der Waals surface area contributed by atoms with Crippen molar-refractivity contribution in [1.82, 2.24) is 20.1 Å². The van der Waals surface area contributed by atoms with Gasteiger partial charge in [-0.1, -0.05) is 24.3 Å². The van der Waals surface area contributed by atoms with E-state index in [1.54, 1.807) is 11.0 Å². The Kier molecular flexibility index (Phi) is 7.22. The standard InChI is InChI=1S/C22H26N4O3/c1-3-28-20-7-4-5-8-21(20)29-14-6-9-22(27)25-17(2)18-10-12-19(13-11-18)26-16-23-15-24-26/h4-5,7-8,10-13,15-17H,3,6,9,14H2,1-2H3,(H,25,27). The number of hydrogen-bond acceptors (Lipinski definition) is 5. The Bertz CT molecular complexity index is 895. The maximum Gasteiger partial charge on any atom is 0.220 e. The first kappa shape index (κ1) is 20.4. The minimum Gasteiger partial charge on any atom is -0.490 e. The molecule has 29 heavy (non-hydrogen) atoms. The van der Waals surface area contributed by atoms with Gasteiger partial charge in [0.25, 0.3) is 0 Å². The molecule has 0 aliphatic heterocycles. The number of nitrogens with one attached hydrogen (secondary N) is 1. The van der Waals surface area contributed by atoms with Crippen LogP contribution in [0.5, 0.6) is 11.5 Å². The number of ether oxygens (including phenoxy) is 2. The molecule has 0 saturated heterocycles. The minimum absolute atomic E-state index is 0.000420. The van der Waals surface area contributed by atoms with Crippen molar-refractivity contribution in [3.8, 4) is 17.2 Å². The zero-order chi connectivity index (χ0) is 20.5. The van der Waals surface area contributed by atoms with Gasteiger partial charge in [0.2, 0.25) is 5.91 Å². The largest absolute Gasteiger partial charge is 0.490 e. The highest BCUT2D eigenvalue weighted by Gasteiger charge is 2.10. The van der Waals surface area contributed by atoms with Crippen LogP contribution in [-0.2, 0) is 4.79 Å². The monoisotopic (exact) mass is 394 g/mol. The molecule has 2 aromatic carbocycles. The Labute approximate surface area is 170 Å². The van der Waals surface area contributed by atoms with Crippen molar-refractivity contribution in [2.24, 2.45) is 0 Å². The average molecular weight is 394 g/mol. The highest BCUT2D eigenvalue weighted by molar-refractivity contribution is 5.76. The third-order valence-corrected chi connectivity index (χ3v) is 4.41. The minimum atomic E-state index is -0.0769. The molecule has 1 amide bonds. The molecule has 1 unspecified atom stereocenters. The highest BCUT2D eigenvalue weighted by atomic mass is 16.5. The summed E-state index contributed by atoms with van der Waals surface area (Å²) in [5, 5.41) is 7.13. The molecule has 1 aromatic heterocycles. The highest BCUT2D eigenvalue weighted by Crippen LogP contribution is 2.26. The van der Waals surface area contributed by atoms with Crippen molar-refractivity contribution in [1.29, 1.82) is 0 Å². The summed E-state index contributed by atoms with van der Waals surface area (Å²) in [5.74, 6) is 1.43. The molecule has 1 atom stereocenters. The Hall–Kier alpha value is -3.35. The fraction of sp³-hybridized carbons (Fsp3) is 0.318. The van der Waals surface area contributed by atoms with Gasteiger partial charge in [0.15, 0.2) is 11.5 Å². The van der Waals surface area contributed by atoms with E-state index in [4.69, 9.17) is 9.47 Å². The maximum atomic E-state index is 12.2. The molecular formula is C22H26N4O3. The molecule has 0 saturated carbocycles. The second kappa shape index (κ2) is 10.3. The van der Waals surface area contributed by atoms with Gasteiger partial charge in [-0.3, -0.25) is 4.79 Å². The van der Waals surface area contributed by atoms with E-state index < -0.39 is 0 Å². The van der Waals surface area contributed by atoms with Crippen molar-refractivity contribution in [2.75, 3.05) is 13.2 Å². The zero-order valence-corrected chi connectivity index (χ0v) is 16.7. The Morgan fingerprint density at radius 3 is 2.48 bits per heavy atom. The molecule has 0 bridgehead atoms. The topological polar surface area (TPSA) is 78.3 Å². The number of hydrogen-bond donors (Lipinski definition) is 1. The number of carbonyl (C=O) groups is 1. The van der Waals surface area contributed by atoms with Gasteiger partial charge in [0.1, 0.15) is 12.7 Å². The Morgan fingerprint density at radius 2 is 1.83 bits per heavy atom. The van der Waals surface area contributed by atoms with E-state index in [1.165, 1.54) is 6.33 Å². The maximum absolute atomic E-state index is 12.2. The normalized spacial score (nSPS) is 11.7. The first-order valence-electron chi connectivity index (χ1n) is 9.76. The molecule has 1 heterocycles. The third-order valence-electron chi connectivity index (χ3n) is 4.41. The molecule has 0 fully saturated rings. The van der Waals surface area contributed by atoms with E-state index in [1.807, 2.05) is 62.4 Å². The van der Waals surface area contributed by atoms with Gasteiger partial charge in [-0.15, -0.1) is 0 Å². The van der Waals surface area contributed by atoms with Gasteiger partial charge in [-0.2, -0.15) is 5.10 Å². The Balaban J connectivity index is 1.42. The van der Waals surface area contributed by atoms with Crippen molar-refractivity contribution in [3.05, 3.63) is 66.7 Å². The fourth-order valence-corrected chi connectivity index (χ4v) is 2.91. The number of para-hydroxylation sites is 2. The smallest absolute Gasteiger partial charge is 0.220 e. The fourth-order valence-electron chi connectivity index (χ4n) is 2.91. The number of carbonyl (C=O) groups excluding carboxylic acids is 1. The van der Waals surface area contributed by atoms with Crippen molar-refractivity contribution < 1.29 is 14.3 Å². The van der Waals surface area contributed by atoms with Crippen LogP contribution in [0, 0.1) is 0 Å². The number of aromatic nitrogens is 3. The molecule has 152 valence electrons. The molecule has 3 aromatic rings. The summed E-state index contributed by atoms with van der Waals surface area (Å²) < 4.78 is 13.0. The molecule has 0 aliphatic rings. The zero-order valence-electron chi connectivity index (χ0n) is 16.7. The molecule has 1 N–H and O–H groups in total. The van der Waals surface area contributed by atoms with Crippen molar-refractivity contribution in [2.45, 2.75) is 32.7 Å². The first-order valence-corrected chi connectivity index (χ1v) is 9.76.